The van der Waals surface area contributed by atoms with Crippen LogP contribution in [-0.2, 0) is 6.54 Å². The Morgan fingerprint density at radius 1 is 1.24 bits per heavy atom. The lowest BCUT2D eigenvalue weighted by atomic mass is 10.1. The largest absolute Gasteiger partial charge is 0.337 e. The van der Waals surface area contributed by atoms with Gasteiger partial charge in [0.05, 0.1) is 17.2 Å². The molecular weight excluding hydrogens is 212 g/mol. The van der Waals surface area contributed by atoms with Crippen molar-refractivity contribution in [2.45, 2.75) is 6.54 Å². The van der Waals surface area contributed by atoms with Crippen LogP contribution in [0.1, 0.15) is 5.56 Å². The summed E-state index contributed by atoms with van der Waals surface area (Å²) in [6, 6.07) is 9.95. The summed E-state index contributed by atoms with van der Waals surface area (Å²) in [7, 11) is 0. The van der Waals surface area contributed by atoms with Gasteiger partial charge in [-0.25, -0.2) is 4.98 Å². The van der Waals surface area contributed by atoms with Crippen molar-refractivity contribution in [3.8, 4) is 11.4 Å². The highest BCUT2D eigenvalue weighted by molar-refractivity contribution is 5.78. The fourth-order valence-electron chi connectivity index (χ4n) is 1.84. The molecule has 0 radical (unpaired) electrons. The van der Waals surface area contributed by atoms with E-state index in [1.807, 2.05) is 30.3 Å². The summed E-state index contributed by atoms with van der Waals surface area (Å²) in [5.41, 5.74) is 9.64. The second kappa shape index (κ2) is 3.99. The molecule has 2 aromatic heterocycles. The van der Waals surface area contributed by atoms with E-state index in [2.05, 4.69) is 15.0 Å². The number of hydrogen-bond donors (Lipinski definition) is 2. The van der Waals surface area contributed by atoms with Gasteiger partial charge in [0, 0.05) is 18.3 Å². The van der Waals surface area contributed by atoms with E-state index in [1.165, 1.54) is 0 Å². The third kappa shape index (κ3) is 1.79. The van der Waals surface area contributed by atoms with E-state index >= 15 is 0 Å². The van der Waals surface area contributed by atoms with Gasteiger partial charge in [-0.1, -0.05) is 18.2 Å². The van der Waals surface area contributed by atoms with Crippen molar-refractivity contribution >= 4 is 11.0 Å². The van der Waals surface area contributed by atoms with Gasteiger partial charge in [-0.05, 0) is 17.7 Å². The van der Waals surface area contributed by atoms with Crippen LogP contribution in [-0.4, -0.2) is 15.0 Å². The molecule has 2 heterocycles. The summed E-state index contributed by atoms with van der Waals surface area (Å²) < 4.78 is 0. The molecule has 0 aliphatic rings. The van der Waals surface area contributed by atoms with Gasteiger partial charge in [0.1, 0.15) is 5.82 Å². The maximum atomic E-state index is 5.63. The lowest BCUT2D eigenvalue weighted by molar-refractivity contribution is 1.07. The van der Waals surface area contributed by atoms with Crippen molar-refractivity contribution in [2.75, 3.05) is 0 Å². The average Bonchev–Trinajstić information content (AvgIpc) is 2.82. The van der Waals surface area contributed by atoms with Gasteiger partial charge in [-0.15, -0.1) is 0 Å². The Bertz CT molecular complexity index is 624. The van der Waals surface area contributed by atoms with Crippen LogP contribution in [0.5, 0.6) is 0 Å². The maximum absolute atomic E-state index is 5.63. The van der Waals surface area contributed by atoms with Gasteiger partial charge in [0.25, 0.3) is 0 Å². The molecule has 3 rings (SSSR count). The molecule has 0 amide bonds. The van der Waals surface area contributed by atoms with Gasteiger partial charge in [-0.3, -0.25) is 4.98 Å². The predicted molar refractivity (Wildman–Crippen MR) is 67.2 cm³/mol. The number of nitrogens with zero attached hydrogens (tertiary/aromatic N) is 2. The SMILES string of the molecule is NCc1cccc(-c2nc3ccncc3[nH]2)c1. The lowest BCUT2D eigenvalue weighted by Gasteiger charge is -1.99. The van der Waals surface area contributed by atoms with Crippen molar-refractivity contribution in [1.29, 1.82) is 0 Å². The molecule has 0 saturated heterocycles. The van der Waals surface area contributed by atoms with E-state index in [-0.39, 0.29) is 0 Å². The van der Waals surface area contributed by atoms with Crippen LogP contribution in [0.15, 0.2) is 42.7 Å². The molecule has 0 unspecified atom stereocenters. The van der Waals surface area contributed by atoms with E-state index in [4.69, 9.17) is 5.73 Å². The first-order valence-electron chi connectivity index (χ1n) is 5.46. The number of hydrogen-bond acceptors (Lipinski definition) is 3. The molecule has 0 spiro atoms. The number of pyridine rings is 1. The fourth-order valence-corrected chi connectivity index (χ4v) is 1.84. The van der Waals surface area contributed by atoms with Crippen LogP contribution in [0.4, 0.5) is 0 Å². The minimum atomic E-state index is 0.537. The van der Waals surface area contributed by atoms with Gasteiger partial charge < -0.3 is 10.7 Å². The second-order valence-corrected chi connectivity index (χ2v) is 3.88. The molecule has 0 fully saturated rings. The third-order valence-corrected chi connectivity index (χ3v) is 2.72. The van der Waals surface area contributed by atoms with Gasteiger partial charge in [0.15, 0.2) is 0 Å². The number of imidazole rings is 1. The zero-order valence-electron chi connectivity index (χ0n) is 9.22. The number of aromatic amines is 1. The number of H-pyrrole nitrogens is 1. The predicted octanol–water partition coefficient (Wildman–Crippen LogP) is 2.08. The standard InChI is InChI=1S/C13H12N4/c14-7-9-2-1-3-10(6-9)13-16-11-4-5-15-8-12(11)17-13/h1-6,8H,7,14H2,(H,16,17). The normalized spacial score (nSPS) is 10.9. The number of nitrogens with one attached hydrogen (secondary N) is 1. The second-order valence-electron chi connectivity index (χ2n) is 3.88. The van der Waals surface area contributed by atoms with Crippen molar-refractivity contribution in [3.05, 3.63) is 48.3 Å². The first-order chi connectivity index (χ1) is 8.36. The first kappa shape index (κ1) is 9.99. The highest BCUT2D eigenvalue weighted by Gasteiger charge is 2.05. The lowest BCUT2D eigenvalue weighted by Crippen LogP contribution is -1.95. The molecule has 0 atom stereocenters. The van der Waals surface area contributed by atoms with Crippen molar-refractivity contribution in [1.82, 2.24) is 15.0 Å². The fraction of sp³-hybridized carbons (Fsp3) is 0.0769. The quantitative estimate of drug-likeness (QED) is 0.700. The van der Waals surface area contributed by atoms with E-state index in [0.29, 0.717) is 6.54 Å². The highest BCUT2D eigenvalue weighted by Crippen LogP contribution is 2.20. The minimum absolute atomic E-state index is 0.537. The number of nitrogens with two attached hydrogens (primary N) is 1. The van der Waals surface area contributed by atoms with Gasteiger partial charge in [0.2, 0.25) is 0 Å². The Hall–Kier alpha value is -2.20. The summed E-state index contributed by atoms with van der Waals surface area (Å²) in [6.07, 6.45) is 3.52. The summed E-state index contributed by atoms with van der Waals surface area (Å²) in [6.45, 7) is 0.537. The smallest absolute Gasteiger partial charge is 0.138 e. The van der Waals surface area contributed by atoms with Crippen molar-refractivity contribution in [2.24, 2.45) is 5.73 Å². The van der Waals surface area contributed by atoms with Crippen LogP contribution >= 0.6 is 0 Å². The molecule has 84 valence electrons. The average molecular weight is 224 g/mol. The molecule has 0 saturated carbocycles. The number of benzene rings is 1. The zero-order chi connectivity index (χ0) is 11.7. The molecule has 4 heteroatoms. The Morgan fingerprint density at radius 3 is 3.00 bits per heavy atom. The number of fused-ring (bicyclic) bond motifs is 1. The topological polar surface area (TPSA) is 67.6 Å². The third-order valence-electron chi connectivity index (χ3n) is 2.72. The summed E-state index contributed by atoms with van der Waals surface area (Å²) in [5.74, 6) is 0.850. The summed E-state index contributed by atoms with van der Waals surface area (Å²) in [4.78, 5) is 11.8. The van der Waals surface area contributed by atoms with Crippen molar-refractivity contribution in [3.63, 3.8) is 0 Å². The van der Waals surface area contributed by atoms with Crippen LogP contribution in [0.3, 0.4) is 0 Å². The molecule has 0 aliphatic carbocycles. The molecule has 17 heavy (non-hydrogen) atoms. The monoisotopic (exact) mass is 224 g/mol. The molecule has 3 N–H and O–H groups in total. The van der Waals surface area contributed by atoms with Crippen molar-refractivity contribution < 1.29 is 0 Å². The Kier molecular flexibility index (Phi) is 2.34. The van der Waals surface area contributed by atoms with Gasteiger partial charge in [-0.2, -0.15) is 0 Å². The zero-order valence-corrected chi connectivity index (χ0v) is 9.22. The molecule has 3 aromatic rings. The summed E-state index contributed by atoms with van der Waals surface area (Å²) >= 11 is 0. The highest BCUT2D eigenvalue weighted by atomic mass is 14.9. The molecule has 4 nitrogen and oxygen atoms in total. The number of rotatable bonds is 2. The molecular formula is C13H12N4. The number of aromatic nitrogens is 3. The maximum Gasteiger partial charge on any atom is 0.138 e. The Morgan fingerprint density at radius 2 is 2.18 bits per heavy atom. The summed E-state index contributed by atoms with van der Waals surface area (Å²) in [5, 5.41) is 0. The van der Waals surface area contributed by atoms with E-state index < -0.39 is 0 Å². The van der Waals surface area contributed by atoms with E-state index in [0.717, 1.165) is 28.0 Å². The van der Waals surface area contributed by atoms with Crippen LogP contribution < -0.4 is 5.73 Å². The van der Waals surface area contributed by atoms with Crippen LogP contribution in [0, 0.1) is 0 Å². The van der Waals surface area contributed by atoms with Crippen LogP contribution in [0.25, 0.3) is 22.4 Å². The van der Waals surface area contributed by atoms with E-state index in [9.17, 15) is 0 Å². The molecule has 1 aromatic carbocycles. The van der Waals surface area contributed by atoms with Gasteiger partial charge >= 0.3 is 0 Å². The van der Waals surface area contributed by atoms with Crippen LogP contribution in [0.2, 0.25) is 0 Å². The Labute approximate surface area is 98.5 Å². The van der Waals surface area contributed by atoms with E-state index in [1.54, 1.807) is 12.4 Å². The molecule has 0 aliphatic heterocycles. The Balaban J connectivity index is 2.13. The first-order valence-corrected chi connectivity index (χ1v) is 5.46. The molecule has 0 bridgehead atoms. The minimum Gasteiger partial charge on any atom is -0.337 e.